The van der Waals surface area contributed by atoms with E-state index in [4.69, 9.17) is 16.6 Å². The number of aryl methyl sites for hydroxylation is 1. The summed E-state index contributed by atoms with van der Waals surface area (Å²) in [5, 5.41) is 4.28. The number of aromatic nitrogens is 3. The van der Waals surface area contributed by atoms with Crippen LogP contribution in [0.15, 0.2) is 48.9 Å². The molecule has 0 spiro atoms. The Morgan fingerprint density at radius 3 is 2.79 bits per heavy atom. The van der Waals surface area contributed by atoms with Crippen LogP contribution < -0.4 is 5.32 Å². The van der Waals surface area contributed by atoms with Crippen LogP contribution in [0.5, 0.6) is 0 Å². The van der Waals surface area contributed by atoms with E-state index in [1.807, 2.05) is 37.6 Å². The average Bonchev–Trinajstić information content (AvgIpc) is 3.09. The molecule has 1 fully saturated rings. The minimum atomic E-state index is 0.290. The second kappa shape index (κ2) is 7.77. The zero-order valence-electron chi connectivity index (χ0n) is 16.6. The summed E-state index contributed by atoms with van der Waals surface area (Å²) in [5.41, 5.74) is 6.26. The molecular formula is C24H25ClN4. The number of hydrogen-bond donors (Lipinski definition) is 1. The Hall–Kier alpha value is -2.43. The van der Waals surface area contributed by atoms with Gasteiger partial charge < -0.3 is 9.88 Å². The van der Waals surface area contributed by atoms with Crippen LogP contribution in [0.2, 0.25) is 5.02 Å². The van der Waals surface area contributed by atoms with Crippen molar-refractivity contribution in [3.05, 3.63) is 82.2 Å². The van der Waals surface area contributed by atoms with E-state index in [0.29, 0.717) is 11.8 Å². The Balaban J connectivity index is 1.70. The van der Waals surface area contributed by atoms with Crippen molar-refractivity contribution in [1.82, 2.24) is 19.9 Å². The van der Waals surface area contributed by atoms with Crippen LogP contribution in [0, 0.1) is 12.8 Å². The molecule has 5 rings (SSSR count). The Morgan fingerprint density at radius 2 is 2.00 bits per heavy atom. The second-order valence-electron chi connectivity index (χ2n) is 8.05. The molecular weight excluding hydrogens is 380 g/mol. The molecule has 1 atom stereocenters. The number of rotatable bonds is 3. The van der Waals surface area contributed by atoms with E-state index in [1.54, 1.807) is 0 Å². The molecule has 1 aliphatic heterocycles. The van der Waals surface area contributed by atoms with Gasteiger partial charge in [0.15, 0.2) is 0 Å². The lowest BCUT2D eigenvalue weighted by Gasteiger charge is -2.32. The van der Waals surface area contributed by atoms with Crippen LogP contribution >= 0.6 is 11.6 Å². The summed E-state index contributed by atoms with van der Waals surface area (Å²) in [5.74, 6) is 1.88. The van der Waals surface area contributed by atoms with Crippen LogP contribution in [0.1, 0.15) is 47.0 Å². The lowest BCUT2D eigenvalue weighted by molar-refractivity contribution is 0.339. The van der Waals surface area contributed by atoms with Crippen LogP contribution in [0.25, 0.3) is 11.6 Å². The third-order valence-corrected chi connectivity index (χ3v) is 6.55. The monoisotopic (exact) mass is 404 g/mol. The van der Waals surface area contributed by atoms with Gasteiger partial charge in [-0.3, -0.25) is 4.98 Å². The fourth-order valence-corrected chi connectivity index (χ4v) is 5.01. The maximum Gasteiger partial charge on any atom is 0.105 e. The van der Waals surface area contributed by atoms with Crippen LogP contribution in [-0.2, 0) is 6.54 Å². The molecule has 5 heteroatoms. The van der Waals surface area contributed by atoms with E-state index in [-0.39, 0.29) is 0 Å². The zero-order valence-corrected chi connectivity index (χ0v) is 17.4. The van der Waals surface area contributed by atoms with E-state index in [2.05, 4.69) is 39.1 Å². The second-order valence-corrected chi connectivity index (χ2v) is 8.48. The molecule has 1 aliphatic carbocycles. The first kappa shape index (κ1) is 18.6. The van der Waals surface area contributed by atoms with Crippen molar-refractivity contribution in [2.24, 2.45) is 5.92 Å². The lowest BCUT2D eigenvalue weighted by atomic mass is 9.76. The molecule has 2 aromatic heterocycles. The summed E-state index contributed by atoms with van der Waals surface area (Å²) >= 11 is 6.48. The Labute approximate surface area is 176 Å². The standard InChI is InChI=1S/C24H25ClN4/c1-16-27-11-12-29(16)15-19-13-18-3-2-8-28-24(18)23(17-6-9-26-10-7-17)21-5-4-20(25)14-22(19)21/h2-5,8,11-14,17,23,26H,6-7,9-10,15H2,1H3. The number of fused-ring (bicyclic) bond motifs is 2. The number of hydrogen-bond acceptors (Lipinski definition) is 3. The van der Waals surface area contributed by atoms with Gasteiger partial charge in [0.25, 0.3) is 0 Å². The highest BCUT2D eigenvalue weighted by Gasteiger charge is 2.33. The lowest BCUT2D eigenvalue weighted by Crippen LogP contribution is -2.32. The molecule has 0 amide bonds. The van der Waals surface area contributed by atoms with Crippen LogP contribution in [0.4, 0.5) is 0 Å². The first-order valence-electron chi connectivity index (χ1n) is 10.3. The number of pyridine rings is 1. The number of imidazole rings is 1. The summed E-state index contributed by atoms with van der Waals surface area (Å²) in [7, 11) is 0. The third-order valence-electron chi connectivity index (χ3n) is 6.31. The molecule has 0 saturated carbocycles. The largest absolute Gasteiger partial charge is 0.331 e. The van der Waals surface area contributed by atoms with E-state index >= 15 is 0 Å². The van der Waals surface area contributed by atoms with Gasteiger partial charge in [-0.25, -0.2) is 4.98 Å². The van der Waals surface area contributed by atoms with Gasteiger partial charge in [0, 0.05) is 36.1 Å². The number of nitrogens with one attached hydrogen (secondary N) is 1. The van der Waals surface area contributed by atoms with Gasteiger partial charge in [0.05, 0.1) is 5.69 Å². The highest BCUT2D eigenvalue weighted by atomic mass is 35.5. The minimum Gasteiger partial charge on any atom is -0.331 e. The number of piperidine rings is 1. The third kappa shape index (κ3) is 3.52. The molecule has 2 aliphatic rings. The first-order chi connectivity index (χ1) is 14.2. The number of nitrogens with zero attached hydrogens (tertiary/aromatic N) is 3. The van der Waals surface area contributed by atoms with E-state index in [1.165, 1.54) is 40.8 Å². The number of halogens is 1. The molecule has 1 unspecified atom stereocenters. The predicted molar refractivity (Wildman–Crippen MR) is 118 cm³/mol. The smallest absolute Gasteiger partial charge is 0.105 e. The zero-order chi connectivity index (χ0) is 19.8. The maximum atomic E-state index is 6.48. The molecule has 0 radical (unpaired) electrons. The summed E-state index contributed by atoms with van der Waals surface area (Å²) in [4.78, 5) is 9.29. The van der Waals surface area contributed by atoms with Crippen molar-refractivity contribution in [1.29, 1.82) is 0 Å². The van der Waals surface area contributed by atoms with Crippen molar-refractivity contribution in [3.63, 3.8) is 0 Å². The van der Waals surface area contributed by atoms with Gasteiger partial charge in [-0.15, -0.1) is 0 Å². The van der Waals surface area contributed by atoms with E-state index in [9.17, 15) is 0 Å². The fraction of sp³-hybridized carbons (Fsp3) is 0.333. The molecule has 1 N–H and O–H groups in total. The van der Waals surface area contributed by atoms with Gasteiger partial charge in [-0.2, -0.15) is 0 Å². The van der Waals surface area contributed by atoms with Gasteiger partial charge >= 0.3 is 0 Å². The molecule has 29 heavy (non-hydrogen) atoms. The number of benzene rings is 1. The molecule has 3 heterocycles. The highest BCUT2D eigenvalue weighted by molar-refractivity contribution is 6.30. The van der Waals surface area contributed by atoms with Gasteiger partial charge in [-0.05, 0) is 85.3 Å². The average molecular weight is 405 g/mol. The number of allylic oxidation sites excluding steroid dienone is 1. The Bertz CT molecular complexity index is 1060. The molecule has 4 nitrogen and oxygen atoms in total. The fourth-order valence-electron chi connectivity index (χ4n) is 4.84. The molecule has 0 bridgehead atoms. The molecule has 1 saturated heterocycles. The normalized spacial score (nSPS) is 19.2. The summed E-state index contributed by atoms with van der Waals surface area (Å²) in [6.07, 6.45) is 10.5. The Morgan fingerprint density at radius 1 is 1.14 bits per heavy atom. The maximum absolute atomic E-state index is 6.48. The van der Waals surface area contributed by atoms with Crippen molar-refractivity contribution < 1.29 is 0 Å². The first-order valence-corrected chi connectivity index (χ1v) is 10.7. The topological polar surface area (TPSA) is 42.7 Å². The molecule has 148 valence electrons. The van der Waals surface area contributed by atoms with Crippen LogP contribution in [-0.4, -0.2) is 27.6 Å². The molecule has 3 aromatic rings. The van der Waals surface area contributed by atoms with Gasteiger partial charge in [0.2, 0.25) is 0 Å². The van der Waals surface area contributed by atoms with Gasteiger partial charge in [-0.1, -0.05) is 23.7 Å². The van der Waals surface area contributed by atoms with E-state index < -0.39 is 0 Å². The van der Waals surface area contributed by atoms with Crippen molar-refractivity contribution in [2.75, 3.05) is 13.1 Å². The highest BCUT2D eigenvalue weighted by Crippen LogP contribution is 2.44. The quantitative estimate of drug-likeness (QED) is 0.673. The Kier molecular flexibility index (Phi) is 4.98. The predicted octanol–water partition coefficient (Wildman–Crippen LogP) is 4.93. The minimum absolute atomic E-state index is 0.290. The SMILES string of the molecule is Cc1nccn1CC1=Cc2cccnc2C(C2CCNCC2)c2ccc(Cl)cc21. The van der Waals surface area contributed by atoms with Gasteiger partial charge in [0.1, 0.15) is 5.82 Å². The summed E-state index contributed by atoms with van der Waals surface area (Å²) in [6.45, 7) is 4.96. The summed E-state index contributed by atoms with van der Waals surface area (Å²) < 4.78 is 2.19. The van der Waals surface area contributed by atoms with Crippen LogP contribution in [0.3, 0.4) is 0 Å². The van der Waals surface area contributed by atoms with Crippen molar-refractivity contribution >= 4 is 23.3 Å². The van der Waals surface area contributed by atoms with Crippen molar-refractivity contribution in [3.8, 4) is 0 Å². The summed E-state index contributed by atoms with van der Waals surface area (Å²) in [6, 6.07) is 10.6. The van der Waals surface area contributed by atoms with Crippen molar-refractivity contribution in [2.45, 2.75) is 32.2 Å². The molecule has 1 aromatic carbocycles. The van der Waals surface area contributed by atoms with E-state index in [0.717, 1.165) is 30.5 Å².